The average molecular weight is 359 g/mol. The van der Waals surface area contributed by atoms with Crippen LogP contribution >= 0.6 is 11.6 Å². The molecule has 1 amide bonds. The predicted molar refractivity (Wildman–Crippen MR) is 91.3 cm³/mol. The van der Waals surface area contributed by atoms with Crippen molar-refractivity contribution in [3.63, 3.8) is 0 Å². The first-order chi connectivity index (χ1) is 12.0. The van der Waals surface area contributed by atoms with Gasteiger partial charge in [0, 0.05) is 17.8 Å². The highest BCUT2D eigenvalue weighted by atomic mass is 35.5. The summed E-state index contributed by atoms with van der Waals surface area (Å²) in [5.74, 6) is 0.599. The van der Waals surface area contributed by atoms with Crippen molar-refractivity contribution in [1.82, 2.24) is 0 Å². The minimum Gasteiger partial charge on any atom is -0.459 e. The molecule has 126 valence electrons. The molecule has 0 radical (unpaired) electrons. The van der Waals surface area contributed by atoms with Crippen molar-refractivity contribution in [3.8, 4) is 11.5 Å². The number of rotatable bonds is 5. The zero-order chi connectivity index (χ0) is 17.8. The summed E-state index contributed by atoms with van der Waals surface area (Å²) in [5.41, 5.74) is 0.442. The molecule has 3 aromatic rings. The summed E-state index contributed by atoms with van der Waals surface area (Å²) < 4.78 is 10.6. The van der Waals surface area contributed by atoms with Crippen molar-refractivity contribution in [1.29, 1.82) is 0 Å². The van der Waals surface area contributed by atoms with E-state index in [9.17, 15) is 14.9 Å². The number of nitrogens with one attached hydrogen (secondary N) is 1. The van der Waals surface area contributed by atoms with Crippen molar-refractivity contribution in [3.05, 3.63) is 81.8 Å². The van der Waals surface area contributed by atoms with Gasteiger partial charge in [0.1, 0.15) is 11.5 Å². The number of non-ortho nitro benzene ring substituents is 1. The maximum atomic E-state index is 11.9. The summed E-state index contributed by atoms with van der Waals surface area (Å²) in [5, 5.41) is 13.5. The van der Waals surface area contributed by atoms with E-state index in [0.717, 1.165) is 0 Å². The Bertz CT molecular complexity index is 907. The van der Waals surface area contributed by atoms with Gasteiger partial charge in [-0.3, -0.25) is 14.9 Å². The number of anilines is 1. The number of ether oxygens (including phenoxy) is 1. The van der Waals surface area contributed by atoms with Crippen molar-refractivity contribution < 1.29 is 18.9 Å². The molecule has 0 fully saturated rings. The van der Waals surface area contributed by atoms with E-state index in [1.807, 2.05) is 0 Å². The Morgan fingerprint density at radius 1 is 1.16 bits per heavy atom. The quantitative estimate of drug-likeness (QED) is 0.517. The number of nitro groups is 1. The third kappa shape index (κ3) is 3.96. The molecular weight excluding hydrogens is 348 g/mol. The molecule has 0 aliphatic carbocycles. The number of nitro benzene ring substituents is 1. The highest BCUT2D eigenvalue weighted by molar-refractivity contribution is 6.32. The fraction of sp³-hybridized carbons (Fsp3) is 0. The Morgan fingerprint density at radius 2 is 1.92 bits per heavy atom. The Balaban J connectivity index is 1.68. The van der Waals surface area contributed by atoms with Crippen LogP contribution in [0.2, 0.25) is 5.02 Å². The highest BCUT2D eigenvalue weighted by Gasteiger charge is 2.12. The SMILES string of the molecule is O=C(Nc1ccc(Oc2ccc([N+](=O)[O-])cc2Cl)cc1)c1ccco1. The summed E-state index contributed by atoms with van der Waals surface area (Å²) in [4.78, 5) is 22.0. The minimum atomic E-state index is -0.536. The van der Waals surface area contributed by atoms with E-state index < -0.39 is 4.92 Å². The van der Waals surface area contributed by atoms with Crippen LogP contribution in [0.5, 0.6) is 11.5 Å². The molecular formula is C17H11ClN2O5. The molecule has 0 spiro atoms. The van der Waals surface area contributed by atoms with Gasteiger partial charge in [0.05, 0.1) is 16.2 Å². The average Bonchev–Trinajstić information content (AvgIpc) is 3.13. The number of hydrogen-bond donors (Lipinski definition) is 1. The molecule has 0 atom stereocenters. The lowest BCUT2D eigenvalue weighted by molar-refractivity contribution is -0.384. The van der Waals surface area contributed by atoms with Crippen LogP contribution in [0.15, 0.2) is 65.3 Å². The number of furan rings is 1. The molecule has 0 aliphatic rings. The maximum Gasteiger partial charge on any atom is 0.291 e. The van der Waals surface area contributed by atoms with E-state index in [0.29, 0.717) is 17.2 Å². The Morgan fingerprint density at radius 3 is 2.52 bits per heavy atom. The Hall–Kier alpha value is -3.32. The second kappa shape index (κ2) is 7.06. The largest absolute Gasteiger partial charge is 0.459 e. The van der Waals surface area contributed by atoms with Gasteiger partial charge < -0.3 is 14.5 Å². The molecule has 0 saturated heterocycles. The lowest BCUT2D eigenvalue weighted by atomic mass is 10.2. The van der Waals surface area contributed by atoms with Crippen LogP contribution in [0, 0.1) is 10.1 Å². The molecule has 3 rings (SSSR count). The number of hydrogen-bond acceptors (Lipinski definition) is 5. The second-order valence-corrected chi connectivity index (χ2v) is 5.34. The van der Waals surface area contributed by atoms with E-state index in [4.69, 9.17) is 20.8 Å². The number of carbonyl (C=O) groups is 1. The van der Waals surface area contributed by atoms with Gasteiger partial charge in [-0.15, -0.1) is 0 Å². The highest BCUT2D eigenvalue weighted by Crippen LogP contribution is 2.32. The summed E-state index contributed by atoms with van der Waals surface area (Å²) in [6.45, 7) is 0. The van der Waals surface area contributed by atoms with Crippen LogP contribution < -0.4 is 10.1 Å². The zero-order valence-corrected chi connectivity index (χ0v) is 13.4. The summed E-state index contributed by atoms with van der Waals surface area (Å²) in [7, 11) is 0. The first-order valence-electron chi connectivity index (χ1n) is 7.09. The normalized spacial score (nSPS) is 10.3. The minimum absolute atomic E-state index is 0.117. The first-order valence-corrected chi connectivity index (χ1v) is 7.47. The van der Waals surface area contributed by atoms with Gasteiger partial charge in [0.2, 0.25) is 0 Å². The van der Waals surface area contributed by atoms with E-state index in [-0.39, 0.29) is 22.4 Å². The number of nitrogens with zero attached hydrogens (tertiary/aromatic N) is 1. The zero-order valence-electron chi connectivity index (χ0n) is 12.6. The van der Waals surface area contributed by atoms with Crippen molar-refractivity contribution in [2.45, 2.75) is 0 Å². The van der Waals surface area contributed by atoms with E-state index >= 15 is 0 Å². The predicted octanol–water partition coefficient (Wildman–Crippen LogP) is 4.89. The number of carbonyl (C=O) groups excluding carboxylic acids is 1. The second-order valence-electron chi connectivity index (χ2n) is 4.93. The van der Waals surface area contributed by atoms with E-state index in [1.165, 1.54) is 24.5 Å². The van der Waals surface area contributed by atoms with Crippen LogP contribution in [0.4, 0.5) is 11.4 Å². The lowest BCUT2D eigenvalue weighted by Crippen LogP contribution is -2.10. The van der Waals surface area contributed by atoms with Gasteiger partial charge in [-0.25, -0.2) is 0 Å². The Labute approximate surface area is 146 Å². The molecule has 8 heteroatoms. The monoisotopic (exact) mass is 358 g/mol. The maximum absolute atomic E-state index is 11.9. The number of benzene rings is 2. The van der Waals surface area contributed by atoms with Crippen LogP contribution in [0.25, 0.3) is 0 Å². The third-order valence-corrected chi connectivity index (χ3v) is 3.51. The number of halogens is 1. The van der Waals surface area contributed by atoms with Crippen LogP contribution in [0.1, 0.15) is 10.6 Å². The first kappa shape index (κ1) is 16.5. The topological polar surface area (TPSA) is 94.6 Å². The standard InChI is InChI=1S/C17H11ClN2O5/c18-14-10-12(20(22)23)5-8-15(14)25-13-6-3-11(4-7-13)19-17(21)16-2-1-9-24-16/h1-10H,(H,19,21). The van der Waals surface area contributed by atoms with Crippen molar-refractivity contribution in [2.75, 3.05) is 5.32 Å². The van der Waals surface area contributed by atoms with Gasteiger partial charge in [0.25, 0.3) is 11.6 Å². The van der Waals surface area contributed by atoms with Crippen LogP contribution in [-0.2, 0) is 0 Å². The van der Waals surface area contributed by atoms with Crippen molar-refractivity contribution >= 4 is 28.9 Å². The summed E-state index contributed by atoms with van der Waals surface area (Å²) in [6, 6.07) is 13.7. The summed E-state index contributed by atoms with van der Waals surface area (Å²) >= 11 is 5.98. The lowest BCUT2D eigenvalue weighted by Gasteiger charge is -2.08. The fourth-order valence-corrected chi connectivity index (χ4v) is 2.23. The molecule has 25 heavy (non-hydrogen) atoms. The number of amides is 1. The molecule has 7 nitrogen and oxygen atoms in total. The molecule has 1 N–H and O–H groups in total. The van der Waals surface area contributed by atoms with Crippen molar-refractivity contribution in [2.24, 2.45) is 0 Å². The van der Waals surface area contributed by atoms with E-state index in [1.54, 1.807) is 36.4 Å². The Kier molecular flexibility index (Phi) is 4.67. The smallest absolute Gasteiger partial charge is 0.291 e. The molecule has 2 aromatic carbocycles. The fourth-order valence-electron chi connectivity index (χ4n) is 2.02. The van der Waals surface area contributed by atoms with Gasteiger partial charge >= 0.3 is 0 Å². The molecule has 0 bridgehead atoms. The molecule has 0 saturated carbocycles. The molecule has 1 aromatic heterocycles. The third-order valence-electron chi connectivity index (χ3n) is 3.21. The van der Waals surface area contributed by atoms with Gasteiger partial charge in [-0.05, 0) is 42.5 Å². The molecule has 0 unspecified atom stereocenters. The summed E-state index contributed by atoms with van der Waals surface area (Å²) in [6.07, 6.45) is 1.42. The van der Waals surface area contributed by atoms with E-state index in [2.05, 4.69) is 5.32 Å². The van der Waals surface area contributed by atoms with Gasteiger partial charge in [-0.1, -0.05) is 11.6 Å². The van der Waals surface area contributed by atoms with Gasteiger partial charge in [0.15, 0.2) is 5.76 Å². The van der Waals surface area contributed by atoms with Crippen LogP contribution in [-0.4, -0.2) is 10.8 Å². The molecule has 0 aliphatic heterocycles. The van der Waals surface area contributed by atoms with Crippen LogP contribution in [0.3, 0.4) is 0 Å². The van der Waals surface area contributed by atoms with Gasteiger partial charge in [-0.2, -0.15) is 0 Å². The molecule has 1 heterocycles.